The highest BCUT2D eigenvalue weighted by Crippen LogP contribution is 2.39. The molecule has 5 rings (SSSR count). The Kier molecular flexibility index (Phi) is 6.45. The van der Waals surface area contributed by atoms with Crippen molar-refractivity contribution in [3.05, 3.63) is 65.5 Å². The smallest absolute Gasteiger partial charge is 0.234 e. The summed E-state index contributed by atoms with van der Waals surface area (Å²) in [6.07, 6.45) is 3.47. The summed E-state index contributed by atoms with van der Waals surface area (Å²) in [5.41, 5.74) is 5.89. The van der Waals surface area contributed by atoms with E-state index in [-0.39, 0.29) is 35.3 Å². The number of amidine groups is 1. The lowest BCUT2D eigenvalue weighted by Gasteiger charge is -2.50. The molecule has 2 fully saturated rings. The molecule has 9 heteroatoms. The van der Waals surface area contributed by atoms with Gasteiger partial charge in [0.2, 0.25) is 11.8 Å². The van der Waals surface area contributed by atoms with Crippen LogP contribution < -0.4 is 10.7 Å². The van der Waals surface area contributed by atoms with Crippen molar-refractivity contribution in [2.24, 2.45) is 11.0 Å². The van der Waals surface area contributed by atoms with E-state index in [4.69, 9.17) is 0 Å². The van der Waals surface area contributed by atoms with Crippen LogP contribution in [0.4, 0.5) is 10.1 Å². The summed E-state index contributed by atoms with van der Waals surface area (Å²) in [6.45, 7) is 2.38. The number of hydrogen-bond donors (Lipinski definition) is 2. The number of amides is 2. The maximum atomic E-state index is 13.4. The number of nitrogens with one attached hydrogen (secondary N) is 2. The molecule has 2 aromatic carbocycles. The first kappa shape index (κ1) is 22.7. The van der Waals surface area contributed by atoms with Gasteiger partial charge in [0.15, 0.2) is 11.5 Å². The van der Waals surface area contributed by atoms with Crippen molar-refractivity contribution in [1.29, 1.82) is 0 Å². The molecule has 1 aliphatic carbocycles. The lowest BCUT2D eigenvalue weighted by atomic mass is 9.81. The number of nitrogens with zero attached hydrogens (tertiary/aromatic N) is 3. The Morgan fingerprint density at radius 3 is 2.65 bits per heavy atom. The molecule has 178 valence electrons. The largest absolute Gasteiger partial charge is 0.325 e. The number of thioether (sulfide) groups is 1. The van der Waals surface area contributed by atoms with Gasteiger partial charge in [-0.25, -0.2) is 4.39 Å². The molecular weight excluding hydrogens is 453 g/mol. The zero-order valence-corrected chi connectivity index (χ0v) is 19.9. The molecule has 1 saturated heterocycles. The number of hydrogen-bond acceptors (Lipinski definition) is 6. The fourth-order valence-corrected chi connectivity index (χ4v) is 5.80. The summed E-state index contributed by atoms with van der Waals surface area (Å²) in [5, 5.41) is 8.18. The van der Waals surface area contributed by atoms with Crippen LogP contribution in [0.3, 0.4) is 0 Å². The van der Waals surface area contributed by atoms with Gasteiger partial charge < -0.3 is 10.2 Å². The number of anilines is 1. The van der Waals surface area contributed by atoms with E-state index < -0.39 is 6.29 Å². The number of carbonyl (C=O) groups excluding carboxylic acids is 2. The fourth-order valence-electron chi connectivity index (χ4n) is 4.97. The van der Waals surface area contributed by atoms with E-state index >= 15 is 0 Å². The van der Waals surface area contributed by atoms with Crippen LogP contribution in [0.2, 0.25) is 0 Å². The first-order valence-electron chi connectivity index (χ1n) is 11.7. The second-order valence-electron chi connectivity index (χ2n) is 9.06. The molecule has 0 radical (unpaired) electrons. The number of fused-ring (bicyclic) bond motifs is 3. The van der Waals surface area contributed by atoms with E-state index in [0.29, 0.717) is 6.54 Å². The average molecular weight is 482 g/mol. The molecule has 2 heterocycles. The Morgan fingerprint density at radius 1 is 1.15 bits per heavy atom. The second-order valence-corrected chi connectivity index (χ2v) is 10.0. The molecule has 2 aliphatic heterocycles. The maximum absolute atomic E-state index is 13.4. The van der Waals surface area contributed by atoms with Crippen molar-refractivity contribution in [2.75, 3.05) is 11.1 Å². The Labute approximate surface area is 202 Å². The predicted molar refractivity (Wildman–Crippen MR) is 131 cm³/mol. The van der Waals surface area contributed by atoms with Gasteiger partial charge in [0, 0.05) is 18.3 Å². The minimum atomic E-state index is -0.403. The van der Waals surface area contributed by atoms with Crippen LogP contribution >= 0.6 is 11.8 Å². The van der Waals surface area contributed by atoms with Gasteiger partial charge >= 0.3 is 0 Å². The number of carbonyl (C=O) groups is 2. The molecule has 3 atom stereocenters. The van der Waals surface area contributed by atoms with E-state index in [1.165, 1.54) is 23.9 Å². The van der Waals surface area contributed by atoms with Crippen LogP contribution in [-0.4, -0.2) is 44.9 Å². The minimum Gasteiger partial charge on any atom is -0.325 e. The van der Waals surface area contributed by atoms with Gasteiger partial charge in [-0.1, -0.05) is 54.4 Å². The van der Waals surface area contributed by atoms with Crippen molar-refractivity contribution in [2.45, 2.75) is 51.5 Å². The molecule has 0 bridgehead atoms. The fraction of sp³-hybridized carbons (Fsp3) is 0.400. The summed E-state index contributed by atoms with van der Waals surface area (Å²) in [7, 11) is 0. The Hall–Kier alpha value is -3.07. The number of benzene rings is 2. The topological polar surface area (TPSA) is 77.0 Å². The first-order valence-corrected chi connectivity index (χ1v) is 12.6. The minimum absolute atomic E-state index is 0.0668. The van der Waals surface area contributed by atoms with Crippen molar-refractivity contribution in [3.8, 4) is 0 Å². The normalized spacial score (nSPS) is 23.6. The third kappa shape index (κ3) is 4.61. The van der Waals surface area contributed by atoms with Crippen LogP contribution in [0, 0.1) is 18.7 Å². The number of aryl methyl sites for hydroxylation is 1. The van der Waals surface area contributed by atoms with Crippen molar-refractivity contribution < 1.29 is 14.0 Å². The van der Waals surface area contributed by atoms with Gasteiger partial charge in [-0.2, -0.15) is 5.10 Å². The molecule has 0 spiro atoms. The van der Waals surface area contributed by atoms with Crippen molar-refractivity contribution >= 4 is 34.4 Å². The van der Waals surface area contributed by atoms with Crippen LogP contribution in [0.15, 0.2) is 53.6 Å². The third-order valence-corrected chi connectivity index (χ3v) is 7.64. The van der Waals surface area contributed by atoms with Gasteiger partial charge in [-0.05, 0) is 49.6 Å². The van der Waals surface area contributed by atoms with Crippen LogP contribution in [0.1, 0.15) is 36.8 Å². The third-order valence-electron chi connectivity index (χ3n) is 6.68. The lowest BCUT2D eigenvalue weighted by molar-refractivity contribution is -0.156. The van der Waals surface area contributed by atoms with Gasteiger partial charge in [0.05, 0.1) is 11.7 Å². The van der Waals surface area contributed by atoms with E-state index in [0.717, 1.165) is 47.7 Å². The number of rotatable bonds is 5. The summed E-state index contributed by atoms with van der Waals surface area (Å²) >= 11 is 1.38. The Morgan fingerprint density at radius 2 is 1.88 bits per heavy atom. The van der Waals surface area contributed by atoms with Gasteiger partial charge in [0.1, 0.15) is 5.82 Å². The first-order chi connectivity index (χ1) is 16.5. The van der Waals surface area contributed by atoms with Crippen LogP contribution in [0.25, 0.3) is 0 Å². The van der Waals surface area contributed by atoms with Gasteiger partial charge in [-0.3, -0.25) is 19.9 Å². The van der Waals surface area contributed by atoms with Crippen molar-refractivity contribution in [3.63, 3.8) is 0 Å². The Bertz CT molecular complexity index is 1090. The molecule has 2 amide bonds. The highest BCUT2D eigenvalue weighted by Gasteiger charge is 2.50. The lowest BCUT2D eigenvalue weighted by Crippen LogP contribution is -2.66. The molecule has 3 unspecified atom stereocenters. The van der Waals surface area contributed by atoms with Gasteiger partial charge in [-0.15, -0.1) is 0 Å². The number of hydrazone groups is 1. The van der Waals surface area contributed by atoms with E-state index in [1.54, 1.807) is 17.0 Å². The molecule has 2 aromatic rings. The summed E-state index contributed by atoms with van der Waals surface area (Å²) in [6, 6.07) is 14.0. The second kappa shape index (κ2) is 9.66. The van der Waals surface area contributed by atoms with Crippen LogP contribution in [0.5, 0.6) is 0 Å². The van der Waals surface area contributed by atoms with Crippen molar-refractivity contribution in [1.82, 2.24) is 15.2 Å². The Balaban J connectivity index is 1.29. The summed E-state index contributed by atoms with van der Waals surface area (Å²) in [5.74, 6) is -0.163. The zero-order chi connectivity index (χ0) is 23.7. The molecule has 2 N–H and O–H groups in total. The van der Waals surface area contributed by atoms with Crippen LogP contribution in [-0.2, 0) is 16.1 Å². The number of halogens is 1. The van der Waals surface area contributed by atoms with E-state index in [1.807, 2.05) is 31.2 Å². The average Bonchev–Trinajstić information content (AvgIpc) is 3.27. The predicted octanol–water partition coefficient (Wildman–Crippen LogP) is 3.87. The highest BCUT2D eigenvalue weighted by molar-refractivity contribution is 8.14. The van der Waals surface area contributed by atoms with Gasteiger partial charge in [0.25, 0.3) is 0 Å². The monoisotopic (exact) mass is 481 g/mol. The quantitative estimate of drug-likeness (QED) is 0.678. The molecule has 0 aromatic heterocycles. The molecular formula is C25H28FN5O2S. The standard InChI is InChI=1S/C25H28FN5O2S/c1-16-6-12-19(13-7-16)27-22(32)15-34-25-29-28-24-30(14-17-8-10-18(26)11-9-17)23(33)20-4-2-3-5-21(20)31(24)25/h6-13,20-21,24,28H,2-5,14-15H2,1H3,(H,27,32). The van der Waals surface area contributed by atoms with E-state index in [2.05, 4.69) is 20.7 Å². The summed E-state index contributed by atoms with van der Waals surface area (Å²) in [4.78, 5) is 30.0. The molecule has 7 nitrogen and oxygen atoms in total. The SMILES string of the molecule is Cc1ccc(NC(=O)CSC2=NNC3N(Cc4ccc(F)cc4)C(=O)C4CCCCC4N23)cc1. The molecule has 3 aliphatic rings. The zero-order valence-electron chi connectivity index (χ0n) is 19.0. The van der Waals surface area contributed by atoms with E-state index in [9.17, 15) is 14.0 Å². The molecule has 34 heavy (non-hydrogen) atoms. The maximum Gasteiger partial charge on any atom is 0.234 e. The highest BCUT2D eigenvalue weighted by atomic mass is 32.2. The molecule has 1 saturated carbocycles. The summed E-state index contributed by atoms with van der Waals surface area (Å²) < 4.78 is 13.4.